The number of carbonyl (C=O) groups is 1. The van der Waals surface area contributed by atoms with Gasteiger partial charge in [0, 0.05) is 0 Å². The third-order valence-electron chi connectivity index (χ3n) is 3.12. The van der Waals surface area contributed by atoms with E-state index in [1.54, 1.807) is 0 Å². The van der Waals surface area contributed by atoms with Gasteiger partial charge in [0.2, 0.25) is 0 Å². The average molecular weight is 276 g/mol. The summed E-state index contributed by atoms with van der Waals surface area (Å²) < 4.78 is 4.69. The van der Waals surface area contributed by atoms with Crippen LogP contribution >= 0.6 is 0 Å². The summed E-state index contributed by atoms with van der Waals surface area (Å²) in [5.41, 5.74) is 13.8. The van der Waals surface area contributed by atoms with Crippen LogP contribution in [0.2, 0.25) is 0 Å². The number of hydrogen-bond acceptors (Lipinski definition) is 4. The van der Waals surface area contributed by atoms with E-state index in [0.29, 0.717) is 5.82 Å². The van der Waals surface area contributed by atoms with Gasteiger partial charge in [-0.2, -0.15) is 0 Å². The molecule has 1 unspecified atom stereocenters. The molecule has 0 spiro atoms. The average Bonchev–Trinajstić information content (AvgIpc) is 2.77. The number of nitrogens with one attached hydrogen (secondary N) is 1. The number of amides is 1. The number of H-pyrrole nitrogens is 1. The molecule has 6 nitrogen and oxygen atoms in total. The molecule has 0 aliphatic carbocycles. The fourth-order valence-electron chi connectivity index (χ4n) is 1.92. The van der Waals surface area contributed by atoms with Crippen LogP contribution in [0.4, 0.5) is 4.79 Å². The zero-order valence-electron chi connectivity index (χ0n) is 11.9. The van der Waals surface area contributed by atoms with Gasteiger partial charge in [-0.1, -0.05) is 26.8 Å². The van der Waals surface area contributed by atoms with Crippen LogP contribution in [0.1, 0.15) is 38.2 Å². The first-order valence-corrected chi connectivity index (χ1v) is 6.45. The topological polar surface area (TPSA) is 107 Å². The first-order valence-electron chi connectivity index (χ1n) is 6.45. The summed E-state index contributed by atoms with van der Waals surface area (Å²) in [6.07, 6.45) is -0.841. The second-order valence-corrected chi connectivity index (χ2v) is 5.84. The largest absolute Gasteiger partial charge is 0.448 e. The van der Waals surface area contributed by atoms with E-state index in [2.05, 4.69) is 47.6 Å². The predicted molar refractivity (Wildman–Crippen MR) is 77.3 cm³/mol. The minimum Gasteiger partial charge on any atom is -0.448 e. The predicted octanol–water partition coefficient (Wildman–Crippen LogP) is 1.96. The van der Waals surface area contributed by atoms with Crippen molar-refractivity contribution in [2.24, 2.45) is 11.5 Å². The Morgan fingerprint density at radius 1 is 1.45 bits per heavy atom. The molecule has 2 rings (SSSR count). The van der Waals surface area contributed by atoms with E-state index >= 15 is 0 Å². The number of aromatic amines is 1. The van der Waals surface area contributed by atoms with Gasteiger partial charge in [-0.05, 0) is 23.1 Å². The lowest BCUT2D eigenvalue weighted by molar-refractivity contribution is 0.148. The molecule has 6 heteroatoms. The summed E-state index contributed by atoms with van der Waals surface area (Å²) in [6.45, 7) is 6.45. The molecule has 1 aromatic heterocycles. The maximum atomic E-state index is 10.6. The Bertz CT molecular complexity index is 628. The number of aromatic nitrogens is 2. The Morgan fingerprint density at radius 2 is 2.15 bits per heavy atom. The minimum atomic E-state index is -0.841. The van der Waals surface area contributed by atoms with E-state index in [1.165, 1.54) is 5.56 Å². The highest BCUT2D eigenvalue weighted by atomic mass is 16.5. The summed E-state index contributed by atoms with van der Waals surface area (Å²) in [5, 5.41) is 0. The van der Waals surface area contributed by atoms with Crippen LogP contribution in [0.15, 0.2) is 18.2 Å². The number of rotatable bonds is 3. The van der Waals surface area contributed by atoms with Crippen LogP contribution in [0.25, 0.3) is 11.0 Å². The zero-order chi connectivity index (χ0) is 14.9. The van der Waals surface area contributed by atoms with Crippen molar-refractivity contribution in [3.05, 3.63) is 29.6 Å². The number of ether oxygens (including phenoxy) is 1. The van der Waals surface area contributed by atoms with Gasteiger partial charge < -0.3 is 21.2 Å². The highest BCUT2D eigenvalue weighted by Gasteiger charge is 2.17. The molecule has 0 saturated carbocycles. The number of fused-ring (bicyclic) bond motifs is 1. The summed E-state index contributed by atoms with van der Waals surface area (Å²) in [6, 6.07) is 5.55. The maximum absolute atomic E-state index is 10.6. The van der Waals surface area contributed by atoms with Crippen molar-refractivity contribution in [3.63, 3.8) is 0 Å². The first-order chi connectivity index (χ1) is 9.27. The van der Waals surface area contributed by atoms with E-state index in [1.807, 2.05) is 6.07 Å². The molecule has 5 N–H and O–H groups in total. The van der Waals surface area contributed by atoms with Crippen LogP contribution in [-0.4, -0.2) is 22.7 Å². The summed E-state index contributed by atoms with van der Waals surface area (Å²) >= 11 is 0. The molecule has 1 heterocycles. The number of imidazole rings is 1. The molecule has 0 saturated heterocycles. The van der Waals surface area contributed by atoms with E-state index in [0.717, 1.165) is 11.0 Å². The number of benzene rings is 1. The minimum absolute atomic E-state index is 0.00127. The van der Waals surface area contributed by atoms with Crippen molar-refractivity contribution >= 4 is 17.1 Å². The Morgan fingerprint density at radius 3 is 2.75 bits per heavy atom. The van der Waals surface area contributed by atoms with Crippen molar-refractivity contribution in [1.82, 2.24) is 9.97 Å². The molecule has 1 amide bonds. The van der Waals surface area contributed by atoms with Gasteiger partial charge in [0.25, 0.3) is 0 Å². The lowest BCUT2D eigenvalue weighted by Crippen LogP contribution is -2.23. The maximum Gasteiger partial charge on any atom is 0.404 e. The highest BCUT2D eigenvalue weighted by molar-refractivity contribution is 5.76. The summed E-state index contributed by atoms with van der Waals surface area (Å²) in [4.78, 5) is 18.1. The van der Waals surface area contributed by atoms with Crippen molar-refractivity contribution < 1.29 is 9.53 Å². The standard InChI is InChI=1S/C14H20N4O2/c1-14(2,3)8-4-5-10-11(6-8)18-12(17-10)9(15)7-20-13(16)19/h4-6,9H,7,15H2,1-3H3,(H2,16,19)(H,17,18). The summed E-state index contributed by atoms with van der Waals surface area (Å²) in [5.74, 6) is 0.576. The van der Waals surface area contributed by atoms with Gasteiger partial charge in [-0.15, -0.1) is 0 Å². The molecule has 1 atom stereocenters. The monoisotopic (exact) mass is 276 g/mol. The Balaban J connectivity index is 2.27. The number of hydrogen-bond donors (Lipinski definition) is 3. The first kappa shape index (κ1) is 14.3. The Kier molecular flexibility index (Phi) is 3.67. The second-order valence-electron chi connectivity index (χ2n) is 5.84. The normalized spacial score (nSPS) is 13.4. The van der Waals surface area contributed by atoms with Gasteiger partial charge in [0.1, 0.15) is 12.4 Å². The molecule has 0 aliphatic heterocycles. The molecule has 1 aromatic carbocycles. The smallest absolute Gasteiger partial charge is 0.404 e. The van der Waals surface area contributed by atoms with Crippen molar-refractivity contribution in [3.8, 4) is 0 Å². The van der Waals surface area contributed by atoms with Crippen LogP contribution in [0.3, 0.4) is 0 Å². The fraction of sp³-hybridized carbons (Fsp3) is 0.429. The van der Waals surface area contributed by atoms with Gasteiger partial charge in [0.05, 0.1) is 17.1 Å². The molecule has 20 heavy (non-hydrogen) atoms. The summed E-state index contributed by atoms with van der Waals surface area (Å²) in [7, 11) is 0. The number of nitrogens with two attached hydrogens (primary N) is 2. The quantitative estimate of drug-likeness (QED) is 0.796. The molecule has 0 radical (unpaired) electrons. The fourth-order valence-corrected chi connectivity index (χ4v) is 1.92. The van der Waals surface area contributed by atoms with E-state index < -0.39 is 12.1 Å². The zero-order valence-corrected chi connectivity index (χ0v) is 11.9. The van der Waals surface area contributed by atoms with Crippen LogP contribution < -0.4 is 11.5 Å². The molecule has 0 fully saturated rings. The van der Waals surface area contributed by atoms with Gasteiger partial charge >= 0.3 is 6.09 Å². The molecular weight excluding hydrogens is 256 g/mol. The highest BCUT2D eigenvalue weighted by Crippen LogP contribution is 2.25. The molecule has 108 valence electrons. The number of carbonyl (C=O) groups excluding carboxylic acids is 1. The molecule has 2 aromatic rings. The Hall–Kier alpha value is -2.08. The second kappa shape index (κ2) is 5.13. The van der Waals surface area contributed by atoms with E-state index in [4.69, 9.17) is 11.5 Å². The van der Waals surface area contributed by atoms with Crippen LogP contribution in [0.5, 0.6) is 0 Å². The molecular formula is C14H20N4O2. The Labute approximate surface area is 117 Å². The van der Waals surface area contributed by atoms with Gasteiger partial charge in [-0.3, -0.25) is 0 Å². The van der Waals surface area contributed by atoms with Crippen molar-refractivity contribution in [2.75, 3.05) is 6.61 Å². The third-order valence-corrected chi connectivity index (χ3v) is 3.12. The van der Waals surface area contributed by atoms with Crippen LogP contribution in [-0.2, 0) is 10.2 Å². The van der Waals surface area contributed by atoms with Crippen molar-refractivity contribution in [2.45, 2.75) is 32.2 Å². The van der Waals surface area contributed by atoms with Crippen LogP contribution in [0, 0.1) is 0 Å². The molecule has 0 aliphatic rings. The van der Waals surface area contributed by atoms with E-state index in [9.17, 15) is 4.79 Å². The molecule has 0 bridgehead atoms. The lowest BCUT2D eigenvalue weighted by atomic mass is 9.87. The van der Waals surface area contributed by atoms with Crippen molar-refractivity contribution in [1.29, 1.82) is 0 Å². The van der Waals surface area contributed by atoms with E-state index in [-0.39, 0.29) is 12.0 Å². The lowest BCUT2D eigenvalue weighted by Gasteiger charge is -2.18. The van der Waals surface area contributed by atoms with Gasteiger partial charge in [0.15, 0.2) is 0 Å². The third kappa shape index (κ3) is 3.08. The number of primary amides is 1. The SMILES string of the molecule is CC(C)(C)c1ccc2nc(C(N)COC(N)=O)[nH]c2c1. The van der Waals surface area contributed by atoms with Gasteiger partial charge in [-0.25, -0.2) is 9.78 Å². The number of nitrogens with zero attached hydrogens (tertiary/aromatic N) is 1.